The summed E-state index contributed by atoms with van der Waals surface area (Å²) in [6.45, 7) is 4.47. The van der Waals surface area contributed by atoms with Gasteiger partial charge in [-0.25, -0.2) is 0 Å². The largest absolute Gasteiger partial charge is 0.381 e. The van der Waals surface area contributed by atoms with Gasteiger partial charge in [-0.15, -0.1) is 11.3 Å². The van der Waals surface area contributed by atoms with Crippen LogP contribution in [0.2, 0.25) is 0 Å². The van der Waals surface area contributed by atoms with Crippen molar-refractivity contribution in [3.8, 4) is 11.6 Å². The number of fused-ring (bicyclic) bond motifs is 1. The zero-order valence-electron chi connectivity index (χ0n) is 15.8. The molecular formula is C19H21N5O3S. The van der Waals surface area contributed by atoms with Crippen molar-refractivity contribution < 1.29 is 14.1 Å². The second-order valence-corrected chi connectivity index (χ2v) is 8.25. The minimum Gasteiger partial charge on any atom is -0.381 e. The summed E-state index contributed by atoms with van der Waals surface area (Å²) in [4.78, 5) is 20.2. The maximum atomic E-state index is 12.9. The standard InChI is InChI=1S/C19H21N5O3S/c1-11-5-8-28-16(11)19(25)24-9-13-14(10-24)23(2)21-15(13)18-20-17(22-27-18)12-3-6-26-7-4-12/h5,8,12H,3-4,6-7,9-10H2,1-2H3. The second kappa shape index (κ2) is 6.82. The van der Waals surface area contributed by atoms with Crippen LogP contribution in [0, 0.1) is 6.92 Å². The Balaban J connectivity index is 1.41. The predicted molar refractivity (Wildman–Crippen MR) is 102 cm³/mol. The van der Waals surface area contributed by atoms with Crippen molar-refractivity contribution in [2.24, 2.45) is 7.05 Å². The number of rotatable bonds is 3. The summed E-state index contributed by atoms with van der Waals surface area (Å²) >= 11 is 1.49. The molecule has 0 spiro atoms. The highest BCUT2D eigenvalue weighted by Gasteiger charge is 2.33. The average molecular weight is 399 g/mol. The first-order valence-electron chi connectivity index (χ1n) is 9.41. The molecule has 0 aromatic carbocycles. The fraction of sp³-hybridized carbons (Fsp3) is 0.474. The molecule has 9 heteroatoms. The first-order chi connectivity index (χ1) is 13.6. The zero-order valence-corrected chi connectivity index (χ0v) is 16.7. The Morgan fingerprint density at radius 3 is 2.86 bits per heavy atom. The van der Waals surface area contributed by atoms with Crippen LogP contribution in [0.1, 0.15) is 51.1 Å². The van der Waals surface area contributed by atoms with E-state index in [9.17, 15) is 4.79 Å². The zero-order chi connectivity index (χ0) is 19.3. The molecule has 5 heterocycles. The third kappa shape index (κ3) is 2.85. The van der Waals surface area contributed by atoms with Gasteiger partial charge in [-0.1, -0.05) is 5.16 Å². The third-order valence-electron chi connectivity index (χ3n) is 5.54. The number of aryl methyl sites for hydroxylation is 2. The Kier molecular flexibility index (Phi) is 4.28. The average Bonchev–Trinajstić information content (AvgIpc) is 3.47. The number of aromatic nitrogens is 4. The van der Waals surface area contributed by atoms with Gasteiger partial charge in [-0.3, -0.25) is 9.48 Å². The number of hydrogen-bond donors (Lipinski definition) is 0. The number of ether oxygens (including phenoxy) is 1. The number of carbonyl (C=O) groups excluding carboxylic acids is 1. The topological polar surface area (TPSA) is 86.3 Å². The molecule has 5 rings (SSSR count). The van der Waals surface area contributed by atoms with E-state index in [4.69, 9.17) is 9.26 Å². The van der Waals surface area contributed by atoms with Gasteiger partial charge in [0.1, 0.15) is 0 Å². The van der Waals surface area contributed by atoms with Crippen LogP contribution >= 0.6 is 11.3 Å². The van der Waals surface area contributed by atoms with E-state index in [0.717, 1.165) is 53.6 Å². The van der Waals surface area contributed by atoms with Crippen LogP contribution in [0.4, 0.5) is 0 Å². The summed E-state index contributed by atoms with van der Waals surface area (Å²) in [6, 6.07) is 1.98. The van der Waals surface area contributed by atoms with E-state index in [1.54, 1.807) is 0 Å². The van der Waals surface area contributed by atoms with Crippen LogP contribution in [0.5, 0.6) is 0 Å². The molecule has 3 aromatic rings. The maximum Gasteiger partial charge on any atom is 0.278 e. The summed E-state index contributed by atoms with van der Waals surface area (Å²) in [5, 5.41) is 10.7. The molecule has 1 fully saturated rings. The molecule has 3 aromatic heterocycles. The number of nitrogens with zero attached hydrogens (tertiary/aromatic N) is 5. The van der Waals surface area contributed by atoms with Crippen molar-refractivity contribution >= 4 is 17.2 Å². The van der Waals surface area contributed by atoms with Crippen molar-refractivity contribution in [1.29, 1.82) is 0 Å². The number of thiophene rings is 1. The highest BCUT2D eigenvalue weighted by molar-refractivity contribution is 7.12. The monoisotopic (exact) mass is 399 g/mol. The van der Waals surface area contributed by atoms with Gasteiger partial charge < -0.3 is 14.2 Å². The fourth-order valence-corrected chi connectivity index (χ4v) is 4.79. The summed E-state index contributed by atoms with van der Waals surface area (Å²) in [7, 11) is 1.89. The van der Waals surface area contributed by atoms with Gasteiger partial charge in [0.2, 0.25) is 0 Å². The fourth-order valence-electron chi connectivity index (χ4n) is 3.90. The van der Waals surface area contributed by atoms with Crippen molar-refractivity contribution in [2.45, 2.75) is 38.8 Å². The van der Waals surface area contributed by atoms with Crippen molar-refractivity contribution in [1.82, 2.24) is 24.8 Å². The molecular weight excluding hydrogens is 378 g/mol. The molecule has 146 valence electrons. The first-order valence-corrected chi connectivity index (χ1v) is 10.3. The molecule has 0 saturated carbocycles. The summed E-state index contributed by atoms with van der Waals surface area (Å²) in [6.07, 6.45) is 1.81. The van der Waals surface area contributed by atoms with E-state index < -0.39 is 0 Å². The Morgan fingerprint density at radius 2 is 2.11 bits per heavy atom. The number of carbonyl (C=O) groups is 1. The van der Waals surface area contributed by atoms with E-state index in [1.807, 2.05) is 35.0 Å². The van der Waals surface area contributed by atoms with Gasteiger partial charge in [0.15, 0.2) is 11.5 Å². The predicted octanol–water partition coefficient (Wildman–Crippen LogP) is 2.89. The highest BCUT2D eigenvalue weighted by atomic mass is 32.1. The molecule has 0 bridgehead atoms. The molecule has 0 aliphatic carbocycles. The number of amides is 1. The summed E-state index contributed by atoms with van der Waals surface area (Å²) < 4.78 is 12.8. The molecule has 1 amide bonds. The van der Waals surface area contributed by atoms with Crippen LogP contribution in [0.3, 0.4) is 0 Å². The van der Waals surface area contributed by atoms with Crippen LogP contribution in [-0.4, -0.2) is 43.9 Å². The summed E-state index contributed by atoms with van der Waals surface area (Å²) in [5.74, 6) is 1.48. The molecule has 8 nitrogen and oxygen atoms in total. The molecule has 0 N–H and O–H groups in total. The Bertz CT molecular complexity index is 1030. The van der Waals surface area contributed by atoms with Gasteiger partial charge >= 0.3 is 0 Å². The van der Waals surface area contributed by atoms with Gasteiger partial charge in [0.25, 0.3) is 11.8 Å². The minimum atomic E-state index is 0.0584. The van der Waals surface area contributed by atoms with Gasteiger partial charge in [-0.2, -0.15) is 10.1 Å². The maximum absolute atomic E-state index is 12.9. The Morgan fingerprint density at radius 1 is 1.29 bits per heavy atom. The lowest BCUT2D eigenvalue weighted by molar-refractivity contribution is 0.0752. The molecule has 2 aliphatic heterocycles. The van der Waals surface area contributed by atoms with E-state index in [1.165, 1.54) is 11.3 Å². The lowest BCUT2D eigenvalue weighted by atomic mass is 10.00. The minimum absolute atomic E-state index is 0.0584. The van der Waals surface area contributed by atoms with Crippen LogP contribution in [0.15, 0.2) is 16.0 Å². The van der Waals surface area contributed by atoms with E-state index in [0.29, 0.717) is 24.7 Å². The van der Waals surface area contributed by atoms with Crippen molar-refractivity contribution in [2.75, 3.05) is 13.2 Å². The van der Waals surface area contributed by atoms with Crippen LogP contribution < -0.4 is 0 Å². The van der Waals surface area contributed by atoms with E-state index in [2.05, 4.69) is 15.2 Å². The van der Waals surface area contributed by atoms with Crippen LogP contribution in [0.25, 0.3) is 11.6 Å². The quantitative estimate of drug-likeness (QED) is 0.673. The molecule has 28 heavy (non-hydrogen) atoms. The Hall–Kier alpha value is -2.52. The lowest BCUT2D eigenvalue weighted by Gasteiger charge is -2.18. The van der Waals surface area contributed by atoms with Gasteiger partial charge in [0, 0.05) is 31.7 Å². The van der Waals surface area contributed by atoms with Crippen molar-refractivity contribution in [3.05, 3.63) is 39.0 Å². The lowest BCUT2D eigenvalue weighted by Crippen LogP contribution is -2.26. The van der Waals surface area contributed by atoms with Crippen molar-refractivity contribution in [3.63, 3.8) is 0 Å². The number of hydrogen-bond acceptors (Lipinski definition) is 7. The second-order valence-electron chi connectivity index (χ2n) is 7.34. The smallest absolute Gasteiger partial charge is 0.278 e. The van der Waals surface area contributed by atoms with Gasteiger partial charge in [0.05, 0.1) is 23.7 Å². The first kappa shape index (κ1) is 17.6. The van der Waals surface area contributed by atoms with Crippen LogP contribution in [-0.2, 0) is 24.9 Å². The van der Waals surface area contributed by atoms with E-state index in [-0.39, 0.29) is 11.8 Å². The molecule has 1 saturated heterocycles. The molecule has 2 aliphatic rings. The normalized spacial score (nSPS) is 17.3. The Labute approximate surface area is 166 Å². The molecule has 0 radical (unpaired) electrons. The SMILES string of the molecule is Cc1ccsc1C(=O)N1Cc2c(-c3nc(C4CCOCC4)no3)nn(C)c2C1. The summed E-state index contributed by atoms with van der Waals surface area (Å²) in [5.41, 5.74) is 3.71. The highest BCUT2D eigenvalue weighted by Crippen LogP contribution is 2.34. The molecule has 0 unspecified atom stereocenters. The van der Waals surface area contributed by atoms with E-state index >= 15 is 0 Å². The van der Waals surface area contributed by atoms with Gasteiger partial charge in [-0.05, 0) is 36.8 Å². The third-order valence-corrected chi connectivity index (χ3v) is 6.54. The molecule has 0 atom stereocenters.